The number of hydrogen-bond donors (Lipinski definition) is 3. The highest BCUT2D eigenvalue weighted by atomic mass is 16.5. The molecule has 3 N–H and O–H groups in total. The quantitative estimate of drug-likeness (QED) is 0.480. The molecule has 0 spiro atoms. The second-order valence-corrected chi connectivity index (χ2v) is 7.63. The average molecular weight is 400 g/mol. The molecule has 2 aliphatic rings. The third kappa shape index (κ3) is 4.81. The molecule has 6 heteroatoms. The Hall–Kier alpha value is -2.33. The first-order chi connectivity index (χ1) is 14.0. The van der Waals surface area contributed by atoms with E-state index in [9.17, 15) is 15.0 Å². The van der Waals surface area contributed by atoms with Crippen molar-refractivity contribution in [1.29, 1.82) is 0 Å². The number of benzene rings is 1. The number of allylic oxidation sites excluding steroid dienone is 1. The number of hydrogen-bond acceptors (Lipinski definition) is 5. The predicted octanol–water partition coefficient (Wildman–Crippen LogP) is 2.40. The Kier molecular flexibility index (Phi) is 6.96. The van der Waals surface area contributed by atoms with E-state index in [4.69, 9.17) is 14.6 Å². The summed E-state index contributed by atoms with van der Waals surface area (Å²) in [5.74, 6) is 5.46. The van der Waals surface area contributed by atoms with Crippen LogP contribution < -0.4 is 4.74 Å². The van der Waals surface area contributed by atoms with Crippen LogP contribution >= 0.6 is 0 Å². The summed E-state index contributed by atoms with van der Waals surface area (Å²) in [6.07, 6.45) is 2.96. The summed E-state index contributed by atoms with van der Waals surface area (Å²) in [6, 6.07) is 9.22. The molecule has 1 unspecified atom stereocenters. The van der Waals surface area contributed by atoms with Gasteiger partial charge in [0.2, 0.25) is 0 Å². The average Bonchev–Trinajstić information content (AvgIpc) is 2.70. The Morgan fingerprint density at radius 1 is 1.38 bits per heavy atom. The molecule has 1 aromatic rings. The maximum absolute atomic E-state index is 10.8. The van der Waals surface area contributed by atoms with Crippen molar-refractivity contribution in [3.05, 3.63) is 42.0 Å². The van der Waals surface area contributed by atoms with Gasteiger partial charge in [0.25, 0.3) is 0 Å². The molecule has 0 aromatic heterocycles. The predicted molar refractivity (Wildman–Crippen MR) is 107 cm³/mol. The number of aliphatic carboxylic acids is 1. The molecule has 0 amide bonds. The van der Waals surface area contributed by atoms with Gasteiger partial charge in [-0.25, -0.2) is 0 Å². The number of carbonyl (C=O) groups is 1. The molecule has 2 aliphatic carbocycles. The molecule has 3 rings (SSSR count). The lowest BCUT2D eigenvalue weighted by molar-refractivity contribution is -0.139. The second-order valence-electron chi connectivity index (χ2n) is 7.63. The van der Waals surface area contributed by atoms with Crippen molar-refractivity contribution >= 4 is 5.97 Å². The van der Waals surface area contributed by atoms with E-state index < -0.39 is 23.8 Å². The molecule has 156 valence electrons. The fourth-order valence-corrected chi connectivity index (χ4v) is 4.39. The molecule has 0 aliphatic heterocycles. The highest BCUT2D eigenvalue weighted by Crippen LogP contribution is 2.56. The summed E-state index contributed by atoms with van der Waals surface area (Å²) in [5, 5.41) is 29.5. The van der Waals surface area contributed by atoms with Crippen molar-refractivity contribution in [2.45, 2.75) is 49.9 Å². The number of carboxylic acids is 1. The van der Waals surface area contributed by atoms with Crippen LogP contribution in [-0.4, -0.2) is 52.8 Å². The normalized spacial score (nSPS) is 30.4. The molecule has 0 saturated heterocycles. The first-order valence-corrected chi connectivity index (χ1v) is 9.98. The molecule has 2 saturated carbocycles. The fourth-order valence-electron chi connectivity index (χ4n) is 4.39. The van der Waals surface area contributed by atoms with E-state index in [0.717, 1.165) is 12.0 Å². The van der Waals surface area contributed by atoms with Gasteiger partial charge in [0.05, 0.1) is 17.6 Å². The number of para-hydroxylation sites is 1. The van der Waals surface area contributed by atoms with Crippen molar-refractivity contribution in [2.75, 3.05) is 13.7 Å². The van der Waals surface area contributed by atoms with Gasteiger partial charge in [-0.15, -0.1) is 0 Å². The number of ether oxygens (including phenoxy) is 2. The van der Waals surface area contributed by atoms with Crippen molar-refractivity contribution in [2.24, 2.45) is 11.8 Å². The smallest absolute Gasteiger partial charge is 0.303 e. The maximum atomic E-state index is 10.8. The summed E-state index contributed by atoms with van der Waals surface area (Å²) >= 11 is 0. The minimum absolute atomic E-state index is 0.0297. The van der Waals surface area contributed by atoms with E-state index >= 15 is 0 Å². The molecule has 6 nitrogen and oxygen atoms in total. The lowest BCUT2D eigenvalue weighted by atomic mass is 9.53. The van der Waals surface area contributed by atoms with Crippen LogP contribution in [0.4, 0.5) is 0 Å². The Morgan fingerprint density at radius 2 is 2.14 bits per heavy atom. The number of rotatable bonds is 7. The molecule has 1 aromatic carbocycles. The molecular formula is C23H28O6. The van der Waals surface area contributed by atoms with Gasteiger partial charge < -0.3 is 24.8 Å². The maximum Gasteiger partial charge on any atom is 0.303 e. The SMILES string of the molecule is CO[C@]12CC[C@@H](O)[C@H](C#CC(O)COc3ccccc3)[C@H]1CC2=CCCC(=O)O. The zero-order valence-corrected chi connectivity index (χ0v) is 16.6. The highest BCUT2D eigenvalue weighted by Gasteiger charge is 2.58. The van der Waals surface area contributed by atoms with Gasteiger partial charge in [0.15, 0.2) is 0 Å². The standard InChI is InChI=1S/C23H28O6/c1-28-23-13-12-21(25)19(20(23)14-16(23)6-5-9-22(26)27)11-10-17(24)15-29-18-7-3-2-4-8-18/h2-4,6-8,17,19-21,24-25H,5,9,12-15H2,1H3,(H,26,27)/t17?,19-,20-,21-,23+/m1/s1. The van der Waals surface area contributed by atoms with E-state index in [1.807, 2.05) is 36.4 Å². The van der Waals surface area contributed by atoms with Crippen molar-refractivity contribution < 1.29 is 29.6 Å². The lowest BCUT2D eigenvalue weighted by Gasteiger charge is -2.57. The molecular weight excluding hydrogens is 372 g/mol. The third-order valence-electron chi connectivity index (χ3n) is 5.92. The minimum Gasteiger partial charge on any atom is -0.490 e. The van der Waals surface area contributed by atoms with Crippen LogP contribution in [0.1, 0.15) is 32.1 Å². The number of fused-ring (bicyclic) bond motifs is 1. The number of aliphatic hydroxyl groups excluding tert-OH is 2. The second kappa shape index (κ2) is 9.45. The molecule has 5 atom stereocenters. The van der Waals surface area contributed by atoms with Crippen LogP contribution in [0.5, 0.6) is 5.75 Å². The Bertz CT molecular complexity index is 793. The van der Waals surface area contributed by atoms with Crippen molar-refractivity contribution in [3.8, 4) is 17.6 Å². The number of methoxy groups -OCH3 is 1. The molecule has 29 heavy (non-hydrogen) atoms. The minimum atomic E-state index is -0.952. The monoisotopic (exact) mass is 400 g/mol. The molecule has 2 fully saturated rings. The summed E-state index contributed by atoms with van der Waals surface area (Å²) in [7, 11) is 1.65. The summed E-state index contributed by atoms with van der Waals surface area (Å²) in [5.41, 5.74) is 0.612. The largest absolute Gasteiger partial charge is 0.490 e. The fraction of sp³-hybridized carbons (Fsp3) is 0.522. The Labute approximate surface area is 171 Å². The topological polar surface area (TPSA) is 96.2 Å². The van der Waals surface area contributed by atoms with E-state index in [2.05, 4.69) is 11.8 Å². The van der Waals surface area contributed by atoms with E-state index in [-0.39, 0.29) is 24.9 Å². The van der Waals surface area contributed by atoms with Gasteiger partial charge >= 0.3 is 5.97 Å². The van der Waals surface area contributed by atoms with Gasteiger partial charge in [-0.3, -0.25) is 4.79 Å². The first-order valence-electron chi connectivity index (χ1n) is 9.98. The summed E-state index contributed by atoms with van der Waals surface area (Å²) in [6.45, 7) is 0.0558. The van der Waals surface area contributed by atoms with Crippen LogP contribution in [0, 0.1) is 23.7 Å². The molecule has 0 heterocycles. The first kappa shape index (κ1) is 21.4. The van der Waals surface area contributed by atoms with Crippen LogP contribution in [-0.2, 0) is 9.53 Å². The van der Waals surface area contributed by atoms with Gasteiger partial charge in [0.1, 0.15) is 18.5 Å². The Balaban J connectivity index is 1.64. The van der Waals surface area contributed by atoms with Crippen LogP contribution in [0.3, 0.4) is 0 Å². The van der Waals surface area contributed by atoms with Crippen LogP contribution in [0.2, 0.25) is 0 Å². The molecule has 0 radical (unpaired) electrons. The van der Waals surface area contributed by atoms with Gasteiger partial charge in [0, 0.05) is 19.4 Å². The third-order valence-corrected chi connectivity index (χ3v) is 5.92. The number of carboxylic acid groups (broad SMARTS) is 1. The van der Waals surface area contributed by atoms with Gasteiger partial charge in [-0.2, -0.15) is 0 Å². The van der Waals surface area contributed by atoms with Crippen molar-refractivity contribution in [1.82, 2.24) is 0 Å². The van der Waals surface area contributed by atoms with E-state index in [1.165, 1.54) is 0 Å². The summed E-state index contributed by atoms with van der Waals surface area (Å²) in [4.78, 5) is 10.8. The highest BCUT2D eigenvalue weighted by molar-refractivity contribution is 5.66. The zero-order chi connectivity index (χ0) is 20.9. The zero-order valence-electron chi connectivity index (χ0n) is 16.6. The Morgan fingerprint density at radius 3 is 2.83 bits per heavy atom. The van der Waals surface area contributed by atoms with Gasteiger partial charge in [-0.1, -0.05) is 36.1 Å². The molecule has 0 bridgehead atoms. The lowest BCUT2D eigenvalue weighted by Crippen LogP contribution is -2.59. The van der Waals surface area contributed by atoms with Crippen molar-refractivity contribution in [3.63, 3.8) is 0 Å². The summed E-state index contributed by atoms with van der Waals surface area (Å²) < 4.78 is 11.4. The number of aliphatic hydroxyl groups is 2. The van der Waals surface area contributed by atoms with Crippen LogP contribution in [0.15, 0.2) is 42.0 Å². The van der Waals surface area contributed by atoms with E-state index in [1.54, 1.807) is 7.11 Å². The van der Waals surface area contributed by atoms with Crippen LogP contribution in [0.25, 0.3) is 0 Å². The van der Waals surface area contributed by atoms with E-state index in [0.29, 0.717) is 25.0 Å². The van der Waals surface area contributed by atoms with Gasteiger partial charge in [-0.05, 0) is 43.4 Å².